The first-order valence-corrected chi connectivity index (χ1v) is 9.61. The summed E-state index contributed by atoms with van der Waals surface area (Å²) in [6, 6.07) is 9.69. The monoisotopic (exact) mass is 393 g/mol. The summed E-state index contributed by atoms with van der Waals surface area (Å²) >= 11 is 4.17. The Hall–Kier alpha value is -2.90. The Morgan fingerprint density at radius 1 is 1.21 bits per heavy atom. The zero-order valence-corrected chi connectivity index (χ0v) is 16.6. The smallest absolute Gasteiger partial charge is 0.248 e. The maximum absolute atomic E-state index is 12.3. The highest BCUT2D eigenvalue weighted by Gasteiger charge is 2.06. The largest absolute Gasteiger partial charge is 0.323 e. The molecule has 28 heavy (non-hydrogen) atoms. The number of amides is 1. The first kappa shape index (κ1) is 19.9. The van der Waals surface area contributed by atoms with Crippen molar-refractivity contribution in [1.82, 2.24) is 20.1 Å². The van der Waals surface area contributed by atoms with Gasteiger partial charge in [-0.2, -0.15) is 17.7 Å². The lowest BCUT2D eigenvalue weighted by atomic mass is 10.0. The van der Waals surface area contributed by atoms with Crippen LogP contribution in [0.2, 0.25) is 0 Å². The molecule has 0 aliphatic carbocycles. The van der Waals surface area contributed by atoms with Crippen LogP contribution in [0.25, 0.3) is 17.2 Å². The molecule has 2 N–H and O–H groups in total. The van der Waals surface area contributed by atoms with E-state index in [-0.39, 0.29) is 5.91 Å². The van der Waals surface area contributed by atoms with Crippen LogP contribution < -0.4 is 10.6 Å². The molecule has 1 amide bonds. The summed E-state index contributed by atoms with van der Waals surface area (Å²) in [7, 11) is 1.87. The number of carbonyl (C=O) groups is 1. The molecule has 0 unspecified atom stereocenters. The van der Waals surface area contributed by atoms with Crippen molar-refractivity contribution in [3.05, 3.63) is 72.3 Å². The van der Waals surface area contributed by atoms with E-state index in [1.54, 1.807) is 29.3 Å². The molecule has 3 aromatic rings. The lowest BCUT2D eigenvalue weighted by Crippen LogP contribution is -2.15. The Morgan fingerprint density at radius 2 is 2.04 bits per heavy atom. The Labute approximate surface area is 170 Å². The van der Waals surface area contributed by atoms with Crippen LogP contribution in [0.4, 0.5) is 5.69 Å². The van der Waals surface area contributed by atoms with Crippen LogP contribution in [0.5, 0.6) is 0 Å². The van der Waals surface area contributed by atoms with Gasteiger partial charge in [0.05, 0.1) is 6.20 Å². The van der Waals surface area contributed by atoms with Gasteiger partial charge in [-0.1, -0.05) is 12.1 Å². The number of pyridine rings is 1. The van der Waals surface area contributed by atoms with E-state index < -0.39 is 0 Å². The number of hydrogen-bond acceptors (Lipinski definition) is 5. The fraction of sp³-hybridized carbons (Fsp3) is 0.190. The predicted octanol–water partition coefficient (Wildman–Crippen LogP) is 3.15. The summed E-state index contributed by atoms with van der Waals surface area (Å²) < 4.78 is 1.74. The summed E-state index contributed by atoms with van der Waals surface area (Å²) in [4.78, 5) is 16.4. The normalized spacial score (nSPS) is 11.1. The quantitative estimate of drug-likeness (QED) is 0.312. The second-order valence-corrected chi connectivity index (χ2v) is 6.73. The van der Waals surface area contributed by atoms with Crippen LogP contribution in [0.3, 0.4) is 0 Å². The molecule has 0 saturated heterocycles. The van der Waals surface area contributed by atoms with Crippen molar-refractivity contribution in [3.63, 3.8) is 0 Å². The first-order chi connectivity index (χ1) is 13.7. The average Bonchev–Trinajstić information content (AvgIpc) is 3.14. The van der Waals surface area contributed by atoms with Gasteiger partial charge in [0.1, 0.15) is 0 Å². The standard InChI is InChI=1S/C21H23N5OS/c1-26-15-18(14-24-26)20-8-9-22-13-17(20)4-7-21(27)25-19-5-2-16(3-6-19)12-23-10-11-28/h2-9,13-15,23,28H,10-12H2,1H3,(H,25,27)/b7-4+. The number of nitrogens with zero attached hydrogens (tertiary/aromatic N) is 3. The number of aryl methyl sites for hydroxylation is 1. The molecule has 0 spiro atoms. The van der Waals surface area contributed by atoms with Crippen LogP contribution in [0.15, 0.2) is 61.2 Å². The van der Waals surface area contributed by atoms with Gasteiger partial charge in [-0.25, -0.2) is 0 Å². The number of thiol groups is 1. The molecule has 0 bridgehead atoms. The number of nitrogens with one attached hydrogen (secondary N) is 2. The molecule has 144 valence electrons. The molecule has 0 atom stereocenters. The fourth-order valence-corrected chi connectivity index (χ4v) is 2.89. The molecule has 6 nitrogen and oxygen atoms in total. The van der Waals surface area contributed by atoms with Crippen molar-refractivity contribution in [1.29, 1.82) is 0 Å². The average molecular weight is 394 g/mol. The first-order valence-electron chi connectivity index (χ1n) is 8.98. The highest BCUT2D eigenvalue weighted by molar-refractivity contribution is 7.80. The van der Waals surface area contributed by atoms with Crippen molar-refractivity contribution < 1.29 is 4.79 Å². The SMILES string of the molecule is Cn1cc(-c2ccncc2/C=C/C(=O)Nc2ccc(CNCCS)cc2)cn1. The lowest BCUT2D eigenvalue weighted by molar-refractivity contribution is -0.111. The van der Waals surface area contributed by atoms with Crippen molar-refractivity contribution in [2.75, 3.05) is 17.6 Å². The van der Waals surface area contributed by atoms with E-state index >= 15 is 0 Å². The van der Waals surface area contributed by atoms with Gasteiger partial charge in [-0.3, -0.25) is 14.5 Å². The van der Waals surface area contributed by atoms with Gasteiger partial charge in [-0.05, 0) is 35.4 Å². The van der Waals surface area contributed by atoms with E-state index in [1.807, 2.05) is 43.6 Å². The van der Waals surface area contributed by atoms with E-state index in [9.17, 15) is 4.79 Å². The molecule has 3 rings (SSSR count). The highest BCUT2D eigenvalue weighted by atomic mass is 32.1. The van der Waals surface area contributed by atoms with E-state index in [1.165, 1.54) is 6.08 Å². The number of aromatic nitrogens is 3. The number of benzene rings is 1. The minimum Gasteiger partial charge on any atom is -0.323 e. The second-order valence-electron chi connectivity index (χ2n) is 6.29. The summed E-state index contributed by atoms with van der Waals surface area (Å²) in [5.74, 6) is 0.613. The molecular formula is C21H23N5OS. The van der Waals surface area contributed by atoms with E-state index in [4.69, 9.17) is 0 Å². The molecule has 2 aromatic heterocycles. The number of carbonyl (C=O) groups excluding carboxylic acids is 1. The summed E-state index contributed by atoms with van der Waals surface area (Å²) in [6.45, 7) is 1.65. The van der Waals surface area contributed by atoms with Crippen LogP contribution >= 0.6 is 12.6 Å². The lowest BCUT2D eigenvalue weighted by Gasteiger charge is -2.06. The zero-order valence-electron chi connectivity index (χ0n) is 15.7. The van der Waals surface area contributed by atoms with Crippen molar-refractivity contribution in [2.24, 2.45) is 7.05 Å². The van der Waals surface area contributed by atoms with Gasteiger partial charge in [0.2, 0.25) is 5.91 Å². The van der Waals surface area contributed by atoms with Gasteiger partial charge in [0.25, 0.3) is 0 Å². The molecule has 0 fully saturated rings. The minimum atomic E-state index is -0.193. The molecule has 0 saturated carbocycles. The molecule has 7 heteroatoms. The molecule has 0 radical (unpaired) electrons. The molecule has 1 aromatic carbocycles. The fourth-order valence-electron chi connectivity index (χ4n) is 2.73. The van der Waals surface area contributed by atoms with E-state index in [0.717, 1.165) is 46.8 Å². The van der Waals surface area contributed by atoms with Gasteiger partial charge in [-0.15, -0.1) is 0 Å². The van der Waals surface area contributed by atoms with Gasteiger partial charge < -0.3 is 10.6 Å². The Balaban J connectivity index is 1.63. The molecule has 2 heterocycles. The molecular weight excluding hydrogens is 370 g/mol. The van der Waals surface area contributed by atoms with Gasteiger partial charge in [0, 0.05) is 67.4 Å². The van der Waals surface area contributed by atoms with Crippen molar-refractivity contribution >= 4 is 30.3 Å². The Morgan fingerprint density at radius 3 is 2.75 bits per heavy atom. The summed E-state index contributed by atoms with van der Waals surface area (Å²) in [5.41, 5.74) is 4.73. The summed E-state index contributed by atoms with van der Waals surface area (Å²) in [6.07, 6.45) is 10.5. The molecule has 0 aliphatic heterocycles. The van der Waals surface area contributed by atoms with E-state index in [2.05, 4.69) is 33.3 Å². The second kappa shape index (κ2) is 9.87. The van der Waals surface area contributed by atoms with Crippen molar-refractivity contribution in [2.45, 2.75) is 6.54 Å². The highest BCUT2D eigenvalue weighted by Crippen LogP contribution is 2.23. The predicted molar refractivity (Wildman–Crippen MR) is 116 cm³/mol. The maximum Gasteiger partial charge on any atom is 0.248 e. The van der Waals surface area contributed by atoms with Crippen LogP contribution in [-0.4, -0.2) is 33.0 Å². The van der Waals surface area contributed by atoms with Crippen LogP contribution in [-0.2, 0) is 18.4 Å². The Bertz CT molecular complexity index is 949. The minimum absolute atomic E-state index is 0.193. The summed E-state index contributed by atoms with van der Waals surface area (Å²) in [5, 5.41) is 10.4. The van der Waals surface area contributed by atoms with Gasteiger partial charge in [0.15, 0.2) is 0 Å². The number of anilines is 1. The number of rotatable bonds is 8. The zero-order chi connectivity index (χ0) is 19.8. The van der Waals surface area contributed by atoms with Gasteiger partial charge >= 0.3 is 0 Å². The van der Waals surface area contributed by atoms with Crippen LogP contribution in [0.1, 0.15) is 11.1 Å². The topological polar surface area (TPSA) is 71.8 Å². The third kappa shape index (κ3) is 5.55. The third-order valence-corrected chi connectivity index (χ3v) is 4.34. The third-order valence-electron chi connectivity index (χ3n) is 4.12. The number of hydrogen-bond donors (Lipinski definition) is 3. The Kier molecular flexibility index (Phi) is 7.00. The van der Waals surface area contributed by atoms with Crippen molar-refractivity contribution in [3.8, 4) is 11.1 Å². The van der Waals surface area contributed by atoms with Crippen LogP contribution in [0, 0.1) is 0 Å². The van der Waals surface area contributed by atoms with E-state index in [0.29, 0.717) is 0 Å². The molecule has 0 aliphatic rings. The maximum atomic E-state index is 12.3.